The van der Waals surface area contributed by atoms with E-state index in [-0.39, 0.29) is 0 Å². The average molecular weight is 285 g/mol. The van der Waals surface area contributed by atoms with Crippen molar-refractivity contribution in [1.29, 1.82) is 0 Å². The molecule has 0 amide bonds. The molecule has 2 rings (SSSR count). The molecule has 1 aliphatic rings. The van der Waals surface area contributed by atoms with Gasteiger partial charge >= 0.3 is 10.2 Å². The molecule has 0 spiro atoms. The summed E-state index contributed by atoms with van der Waals surface area (Å²) in [5.41, 5.74) is 1.48. The number of piperazine rings is 1. The normalized spacial score (nSPS) is 17.2. The summed E-state index contributed by atoms with van der Waals surface area (Å²) in [4.78, 5) is 0. The van der Waals surface area contributed by atoms with E-state index in [9.17, 15) is 8.42 Å². The summed E-state index contributed by atoms with van der Waals surface area (Å²) in [6, 6.07) is 5.36. The summed E-state index contributed by atoms with van der Waals surface area (Å²) < 4.78 is 33.7. The molecule has 1 heterocycles. The number of anilines is 1. The van der Waals surface area contributed by atoms with Gasteiger partial charge in [0.15, 0.2) is 0 Å². The van der Waals surface area contributed by atoms with E-state index in [4.69, 9.17) is 4.74 Å². The van der Waals surface area contributed by atoms with Crippen molar-refractivity contribution in [3.63, 3.8) is 0 Å². The number of methoxy groups -OCH3 is 1. The maximum atomic E-state index is 12.2. The quantitative estimate of drug-likeness (QED) is 0.848. The summed E-state index contributed by atoms with van der Waals surface area (Å²) in [7, 11) is -1.99. The lowest BCUT2D eigenvalue weighted by Gasteiger charge is -2.27. The van der Waals surface area contributed by atoms with E-state index in [1.165, 1.54) is 11.4 Å². The Kier molecular flexibility index (Phi) is 4.28. The van der Waals surface area contributed by atoms with Crippen LogP contribution in [0.15, 0.2) is 18.2 Å². The smallest absolute Gasteiger partial charge is 0.301 e. The standard InChI is InChI=1S/C12H19N3O3S/c1-10-3-4-11(12(9-10)18-2)14-19(16,17)15-7-5-13-6-8-15/h3-4,9,13-14H,5-8H2,1-2H3. The van der Waals surface area contributed by atoms with Crippen LogP contribution in [0.3, 0.4) is 0 Å². The molecule has 19 heavy (non-hydrogen) atoms. The molecule has 6 nitrogen and oxygen atoms in total. The SMILES string of the molecule is COc1cc(C)ccc1NS(=O)(=O)N1CCNCC1. The average Bonchev–Trinajstić information content (AvgIpc) is 2.41. The Hall–Kier alpha value is -1.31. The van der Waals surface area contributed by atoms with Gasteiger partial charge in [-0.05, 0) is 24.6 Å². The second-order valence-electron chi connectivity index (χ2n) is 4.46. The van der Waals surface area contributed by atoms with Crippen LogP contribution in [-0.4, -0.2) is 46.0 Å². The zero-order chi connectivity index (χ0) is 13.9. The fraction of sp³-hybridized carbons (Fsp3) is 0.500. The number of nitrogens with one attached hydrogen (secondary N) is 2. The summed E-state index contributed by atoms with van der Waals surface area (Å²) in [6.45, 7) is 4.22. The molecule has 0 aliphatic carbocycles. The molecule has 1 aliphatic heterocycles. The van der Waals surface area contributed by atoms with Gasteiger partial charge in [0.2, 0.25) is 0 Å². The molecule has 0 radical (unpaired) electrons. The fourth-order valence-corrected chi connectivity index (χ4v) is 3.21. The van der Waals surface area contributed by atoms with Crippen LogP contribution < -0.4 is 14.8 Å². The first-order valence-electron chi connectivity index (χ1n) is 6.16. The summed E-state index contributed by atoms with van der Waals surface area (Å²) >= 11 is 0. The molecule has 1 saturated heterocycles. The maximum absolute atomic E-state index is 12.2. The van der Waals surface area contributed by atoms with Crippen LogP contribution in [-0.2, 0) is 10.2 Å². The lowest BCUT2D eigenvalue weighted by atomic mass is 10.2. The molecule has 0 bridgehead atoms. The third-order valence-corrected chi connectivity index (χ3v) is 4.53. The number of nitrogens with zero attached hydrogens (tertiary/aromatic N) is 1. The minimum absolute atomic E-state index is 0.464. The van der Waals surface area contributed by atoms with Crippen molar-refractivity contribution in [3.05, 3.63) is 23.8 Å². The minimum atomic E-state index is -3.52. The zero-order valence-electron chi connectivity index (χ0n) is 11.1. The lowest BCUT2D eigenvalue weighted by Crippen LogP contribution is -2.48. The number of hydrogen-bond donors (Lipinski definition) is 2. The van der Waals surface area contributed by atoms with Crippen molar-refractivity contribution < 1.29 is 13.2 Å². The van der Waals surface area contributed by atoms with Gasteiger partial charge < -0.3 is 10.1 Å². The Labute approximate surface area is 113 Å². The van der Waals surface area contributed by atoms with Crippen LogP contribution in [0.1, 0.15) is 5.56 Å². The van der Waals surface area contributed by atoms with E-state index in [2.05, 4.69) is 10.0 Å². The molecule has 0 atom stereocenters. The van der Waals surface area contributed by atoms with Crippen LogP contribution in [0.25, 0.3) is 0 Å². The van der Waals surface area contributed by atoms with E-state index >= 15 is 0 Å². The summed E-state index contributed by atoms with van der Waals surface area (Å²) in [6.07, 6.45) is 0. The highest BCUT2D eigenvalue weighted by atomic mass is 32.2. The minimum Gasteiger partial charge on any atom is -0.495 e. The Morgan fingerprint density at radius 3 is 2.63 bits per heavy atom. The first kappa shape index (κ1) is 14.1. The topological polar surface area (TPSA) is 70.7 Å². The van der Waals surface area contributed by atoms with E-state index in [1.54, 1.807) is 12.1 Å². The number of aryl methyl sites for hydroxylation is 1. The fourth-order valence-electron chi connectivity index (χ4n) is 1.97. The molecule has 0 aromatic heterocycles. The van der Waals surface area contributed by atoms with Crippen molar-refractivity contribution in [1.82, 2.24) is 9.62 Å². The highest BCUT2D eigenvalue weighted by molar-refractivity contribution is 7.90. The van der Waals surface area contributed by atoms with Crippen LogP contribution in [0.4, 0.5) is 5.69 Å². The van der Waals surface area contributed by atoms with Gasteiger partial charge in [0.05, 0.1) is 12.8 Å². The maximum Gasteiger partial charge on any atom is 0.301 e. The predicted octanol–water partition coefficient (Wildman–Crippen LogP) is 0.566. The van der Waals surface area contributed by atoms with Crippen molar-refractivity contribution in [3.8, 4) is 5.75 Å². The van der Waals surface area contributed by atoms with Gasteiger partial charge in [-0.15, -0.1) is 0 Å². The van der Waals surface area contributed by atoms with Crippen LogP contribution in [0.5, 0.6) is 5.75 Å². The van der Waals surface area contributed by atoms with Crippen molar-refractivity contribution in [2.24, 2.45) is 0 Å². The lowest BCUT2D eigenvalue weighted by molar-refractivity contribution is 0.362. The Balaban J connectivity index is 2.19. The second kappa shape index (κ2) is 5.77. The second-order valence-corrected chi connectivity index (χ2v) is 6.13. The Bertz CT molecular complexity index is 539. The molecular formula is C12H19N3O3S. The van der Waals surface area contributed by atoms with E-state index in [0.29, 0.717) is 37.6 Å². The molecule has 106 valence electrons. The van der Waals surface area contributed by atoms with Crippen LogP contribution >= 0.6 is 0 Å². The Morgan fingerprint density at radius 2 is 2.00 bits per heavy atom. The van der Waals surface area contributed by atoms with Gasteiger partial charge in [-0.3, -0.25) is 4.72 Å². The number of rotatable bonds is 4. The number of benzene rings is 1. The van der Waals surface area contributed by atoms with Gasteiger partial charge in [0.1, 0.15) is 5.75 Å². The van der Waals surface area contributed by atoms with Gasteiger partial charge in [0, 0.05) is 26.2 Å². The molecule has 0 unspecified atom stereocenters. The highest BCUT2D eigenvalue weighted by Gasteiger charge is 2.24. The first-order valence-corrected chi connectivity index (χ1v) is 7.60. The Morgan fingerprint density at radius 1 is 1.32 bits per heavy atom. The predicted molar refractivity (Wildman–Crippen MR) is 74.7 cm³/mol. The van der Waals surface area contributed by atoms with E-state index in [1.807, 2.05) is 13.0 Å². The third-order valence-electron chi connectivity index (χ3n) is 3.01. The van der Waals surface area contributed by atoms with Crippen molar-refractivity contribution in [2.45, 2.75) is 6.92 Å². The van der Waals surface area contributed by atoms with Crippen LogP contribution in [0, 0.1) is 6.92 Å². The molecule has 1 aromatic rings. The molecule has 7 heteroatoms. The largest absolute Gasteiger partial charge is 0.495 e. The molecule has 0 saturated carbocycles. The molecule has 1 aromatic carbocycles. The van der Waals surface area contributed by atoms with Gasteiger partial charge in [-0.1, -0.05) is 6.07 Å². The zero-order valence-corrected chi connectivity index (χ0v) is 12.0. The van der Waals surface area contributed by atoms with E-state index in [0.717, 1.165) is 5.56 Å². The van der Waals surface area contributed by atoms with Crippen molar-refractivity contribution in [2.75, 3.05) is 38.0 Å². The summed E-state index contributed by atoms with van der Waals surface area (Å²) in [5.74, 6) is 0.527. The number of ether oxygens (including phenoxy) is 1. The molecular weight excluding hydrogens is 266 g/mol. The highest BCUT2D eigenvalue weighted by Crippen LogP contribution is 2.26. The summed E-state index contributed by atoms with van der Waals surface area (Å²) in [5, 5.41) is 3.12. The van der Waals surface area contributed by atoms with Crippen LogP contribution in [0.2, 0.25) is 0 Å². The third kappa shape index (κ3) is 3.37. The van der Waals surface area contributed by atoms with Gasteiger partial charge in [0.25, 0.3) is 0 Å². The van der Waals surface area contributed by atoms with Gasteiger partial charge in [-0.25, -0.2) is 0 Å². The number of hydrogen-bond acceptors (Lipinski definition) is 4. The first-order chi connectivity index (χ1) is 9.03. The van der Waals surface area contributed by atoms with Crippen molar-refractivity contribution >= 4 is 15.9 Å². The van der Waals surface area contributed by atoms with E-state index < -0.39 is 10.2 Å². The monoisotopic (exact) mass is 285 g/mol. The molecule has 1 fully saturated rings. The van der Waals surface area contributed by atoms with Gasteiger partial charge in [-0.2, -0.15) is 12.7 Å². The molecule has 2 N–H and O–H groups in total.